The standard InChI is InChI=1S/C20H19F6N5O/c1-30-9-12(21)8-13(10-30)27-19-29-28-17(15-3-2-6-31(15)19)14-5-4-11(20(24,25)26)7-16(14)32-18(22)23/h2-7,12-13,18H,8-10H2,1H3,(H,27,29)/t12-,13-/m1/s1. The van der Waals surface area contributed by atoms with Gasteiger partial charge in [-0.3, -0.25) is 4.40 Å². The molecule has 1 aromatic carbocycles. The molecule has 2 atom stereocenters. The van der Waals surface area contributed by atoms with Crippen LogP contribution in [0.2, 0.25) is 0 Å². The van der Waals surface area contributed by atoms with Gasteiger partial charge in [0.2, 0.25) is 5.95 Å². The molecule has 1 aliphatic rings. The van der Waals surface area contributed by atoms with Crippen LogP contribution in [0.15, 0.2) is 36.5 Å². The number of nitrogens with zero attached hydrogens (tertiary/aromatic N) is 4. The topological polar surface area (TPSA) is 54.7 Å². The van der Waals surface area contributed by atoms with Crippen molar-refractivity contribution in [1.29, 1.82) is 0 Å². The van der Waals surface area contributed by atoms with Crippen molar-refractivity contribution in [2.75, 3.05) is 25.5 Å². The number of alkyl halides is 6. The molecule has 0 saturated carbocycles. The summed E-state index contributed by atoms with van der Waals surface area (Å²) < 4.78 is 84.8. The molecule has 0 unspecified atom stereocenters. The maximum atomic E-state index is 13.9. The predicted molar refractivity (Wildman–Crippen MR) is 104 cm³/mol. The van der Waals surface area contributed by atoms with E-state index in [2.05, 4.69) is 20.3 Å². The number of benzene rings is 1. The number of rotatable bonds is 5. The number of ether oxygens (including phenoxy) is 1. The van der Waals surface area contributed by atoms with Crippen LogP contribution in [0, 0.1) is 0 Å². The van der Waals surface area contributed by atoms with E-state index in [-0.39, 0.29) is 23.7 Å². The van der Waals surface area contributed by atoms with Gasteiger partial charge < -0.3 is 15.0 Å². The highest BCUT2D eigenvalue weighted by Crippen LogP contribution is 2.38. The third-order valence-electron chi connectivity index (χ3n) is 5.16. The predicted octanol–water partition coefficient (Wildman–Crippen LogP) is 4.47. The molecular weight excluding hydrogens is 440 g/mol. The van der Waals surface area contributed by atoms with E-state index in [1.165, 1.54) is 0 Å². The van der Waals surface area contributed by atoms with Gasteiger partial charge in [-0.2, -0.15) is 22.0 Å². The Kier molecular flexibility index (Phi) is 5.89. The Hall–Kier alpha value is -3.02. The lowest BCUT2D eigenvalue weighted by atomic mass is 10.1. The maximum Gasteiger partial charge on any atom is 0.416 e. The van der Waals surface area contributed by atoms with Crippen molar-refractivity contribution in [3.8, 4) is 17.0 Å². The molecule has 3 aromatic rings. The average molecular weight is 459 g/mol. The summed E-state index contributed by atoms with van der Waals surface area (Å²) in [6, 6.07) is 5.32. The molecular formula is C20H19F6N5O. The fourth-order valence-corrected chi connectivity index (χ4v) is 3.87. The van der Waals surface area contributed by atoms with E-state index in [4.69, 9.17) is 0 Å². The Bertz CT molecular complexity index is 1090. The second-order valence-corrected chi connectivity index (χ2v) is 7.62. The molecule has 12 heteroatoms. The van der Waals surface area contributed by atoms with Crippen LogP contribution in [-0.4, -0.2) is 58.5 Å². The molecule has 6 nitrogen and oxygen atoms in total. The monoisotopic (exact) mass is 459 g/mol. The Balaban J connectivity index is 1.73. The van der Waals surface area contributed by atoms with Gasteiger partial charge >= 0.3 is 12.8 Å². The first-order chi connectivity index (χ1) is 15.1. The third-order valence-corrected chi connectivity index (χ3v) is 5.16. The number of hydrogen-bond acceptors (Lipinski definition) is 5. The smallest absolute Gasteiger partial charge is 0.416 e. The fraction of sp³-hybridized carbons (Fsp3) is 0.400. The molecule has 1 fully saturated rings. The zero-order valence-corrected chi connectivity index (χ0v) is 16.8. The van der Waals surface area contributed by atoms with Crippen LogP contribution in [0.1, 0.15) is 12.0 Å². The largest absolute Gasteiger partial charge is 0.434 e. The van der Waals surface area contributed by atoms with Crippen molar-refractivity contribution in [2.24, 2.45) is 0 Å². The summed E-state index contributed by atoms with van der Waals surface area (Å²) >= 11 is 0. The molecule has 1 aliphatic heterocycles. The number of fused-ring (bicyclic) bond motifs is 1. The van der Waals surface area contributed by atoms with E-state index in [1.807, 2.05) is 4.90 Å². The number of hydrogen-bond donors (Lipinski definition) is 1. The number of anilines is 1. The quantitative estimate of drug-likeness (QED) is 0.571. The molecule has 0 radical (unpaired) electrons. The van der Waals surface area contributed by atoms with E-state index in [9.17, 15) is 26.3 Å². The highest BCUT2D eigenvalue weighted by molar-refractivity contribution is 5.81. The molecule has 4 rings (SSSR count). The van der Waals surface area contributed by atoms with E-state index >= 15 is 0 Å². The normalized spacial score (nSPS) is 20.1. The van der Waals surface area contributed by atoms with Crippen LogP contribution >= 0.6 is 0 Å². The maximum absolute atomic E-state index is 13.9. The van der Waals surface area contributed by atoms with Crippen molar-refractivity contribution < 1.29 is 31.1 Å². The van der Waals surface area contributed by atoms with Crippen LogP contribution in [0.4, 0.5) is 32.3 Å². The van der Waals surface area contributed by atoms with Crippen LogP contribution < -0.4 is 10.1 Å². The Morgan fingerprint density at radius 3 is 2.62 bits per heavy atom. The van der Waals surface area contributed by atoms with Gasteiger partial charge in [-0.25, -0.2) is 4.39 Å². The summed E-state index contributed by atoms with van der Waals surface area (Å²) in [5.41, 5.74) is -0.726. The van der Waals surface area contributed by atoms with E-state index < -0.39 is 30.3 Å². The van der Waals surface area contributed by atoms with Gasteiger partial charge in [0.25, 0.3) is 0 Å². The summed E-state index contributed by atoms with van der Waals surface area (Å²) in [6.45, 7) is -2.41. The lowest BCUT2D eigenvalue weighted by Crippen LogP contribution is -2.45. The lowest BCUT2D eigenvalue weighted by molar-refractivity contribution is -0.138. The van der Waals surface area contributed by atoms with Gasteiger partial charge in [-0.05, 0) is 37.4 Å². The molecule has 3 heterocycles. The van der Waals surface area contributed by atoms with Crippen molar-refractivity contribution in [3.05, 3.63) is 42.1 Å². The van der Waals surface area contributed by atoms with Crippen molar-refractivity contribution in [2.45, 2.75) is 31.4 Å². The van der Waals surface area contributed by atoms with Gasteiger partial charge in [0.1, 0.15) is 17.6 Å². The molecule has 1 saturated heterocycles. The number of likely N-dealkylation sites (N-methyl/N-ethyl adjacent to an activating group) is 1. The molecule has 1 N–H and O–H groups in total. The zero-order chi connectivity index (χ0) is 23.0. The lowest BCUT2D eigenvalue weighted by Gasteiger charge is -2.32. The van der Waals surface area contributed by atoms with Crippen LogP contribution in [-0.2, 0) is 6.18 Å². The van der Waals surface area contributed by atoms with E-state index in [1.54, 1.807) is 29.8 Å². The molecule has 172 valence electrons. The van der Waals surface area contributed by atoms with Crippen molar-refractivity contribution in [1.82, 2.24) is 19.5 Å². The second kappa shape index (κ2) is 8.49. The summed E-state index contributed by atoms with van der Waals surface area (Å²) in [5, 5.41) is 11.3. The SMILES string of the molecule is CN1C[C@H](F)C[C@@H](Nc2nnc(-c3ccc(C(F)(F)F)cc3OC(F)F)c3cccn23)C1. The first-order valence-corrected chi connectivity index (χ1v) is 9.71. The minimum Gasteiger partial charge on any atom is -0.434 e. The van der Waals surface area contributed by atoms with Crippen LogP contribution in [0.3, 0.4) is 0 Å². The number of aromatic nitrogens is 3. The molecule has 0 spiro atoms. The van der Waals surface area contributed by atoms with E-state index in [0.717, 1.165) is 12.1 Å². The van der Waals surface area contributed by atoms with Gasteiger partial charge in [0.15, 0.2) is 0 Å². The summed E-state index contributed by atoms with van der Waals surface area (Å²) in [6.07, 6.45) is -3.82. The molecule has 0 aliphatic carbocycles. The van der Waals surface area contributed by atoms with Crippen molar-refractivity contribution >= 4 is 11.5 Å². The third kappa shape index (κ3) is 4.59. The van der Waals surface area contributed by atoms with Gasteiger partial charge in [0, 0.05) is 37.3 Å². The number of nitrogens with one attached hydrogen (secondary N) is 1. The second-order valence-electron chi connectivity index (χ2n) is 7.62. The Morgan fingerprint density at radius 1 is 1.16 bits per heavy atom. The summed E-state index contributed by atoms with van der Waals surface area (Å²) in [5.74, 6) is -0.369. The molecule has 2 aromatic heterocycles. The van der Waals surface area contributed by atoms with Crippen molar-refractivity contribution in [3.63, 3.8) is 0 Å². The summed E-state index contributed by atoms with van der Waals surface area (Å²) in [4.78, 5) is 1.84. The molecule has 32 heavy (non-hydrogen) atoms. The number of piperidine rings is 1. The van der Waals surface area contributed by atoms with E-state index in [0.29, 0.717) is 30.6 Å². The van der Waals surface area contributed by atoms with Gasteiger partial charge in [0.05, 0.1) is 11.1 Å². The van der Waals surface area contributed by atoms with Crippen LogP contribution in [0.25, 0.3) is 16.8 Å². The zero-order valence-electron chi connectivity index (χ0n) is 16.8. The Labute approximate surface area is 178 Å². The highest BCUT2D eigenvalue weighted by atomic mass is 19.4. The van der Waals surface area contributed by atoms with Crippen LogP contribution in [0.5, 0.6) is 5.75 Å². The number of likely N-dealkylation sites (tertiary alicyclic amines) is 1. The minimum absolute atomic E-state index is 0.0639. The number of halogens is 6. The van der Waals surface area contributed by atoms with Gasteiger partial charge in [-0.1, -0.05) is 0 Å². The Morgan fingerprint density at radius 2 is 1.94 bits per heavy atom. The average Bonchev–Trinajstić information content (AvgIpc) is 3.17. The molecule has 0 bridgehead atoms. The first-order valence-electron chi connectivity index (χ1n) is 9.71. The first kappa shape index (κ1) is 22.2. The molecule has 0 amide bonds. The summed E-state index contributed by atoms with van der Waals surface area (Å²) in [7, 11) is 1.80. The highest BCUT2D eigenvalue weighted by Gasteiger charge is 2.32. The fourth-order valence-electron chi connectivity index (χ4n) is 3.87. The minimum atomic E-state index is -4.73. The van der Waals surface area contributed by atoms with Gasteiger partial charge in [-0.15, -0.1) is 10.2 Å².